The number of methoxy groups -OCH3 is 1. The highest BCUT2D eigenvalue weighted by atomic mass is 16.5. The molecule has 0 bridgehead atoms. The van der Waals surface area contributed by atoms with Crippen LogP contribution in [0.25, 0.3) is 0 Å². The maximum Gasteiger partial charge on any atom is 0.125 e. The lowest BCUT2D eigenvalue weighted by atomic mass is 9.82. The largest absolute Gasteiger partial charge is 0.497 e. The smallest absolute Gasteiger partial charge is 0.125 e. The second-order valence-electron chi connectivity index (χ2n) is 5.51. The maximum atomic E-state index is 6.35. The van der Waals surface area contributed by atoms with Crippen molar-refractivity contribution in [3.63, 3.8) is 0 Å². The van der Waals surface area contributed by atoms with Crippen molar-refractivity contribution in [3.8, 4) is 11.5 Å². The van der Waals surface area contributed by atoms with E-state index in [4.69, 9.17) is 15.2 Å². The summed E-state index contributed by atoms with van der Waals surface area (Å²) in [5.41, 5.74) is 7.41. The van der Waals surface area contributed by atoms with Gasteiger partial charge in [0.2, 0.25) is 0 Å². The van der Waals surface area contributed by atoms with E-state index in [0.29, 0.717) is 5.92 Å². The molecule has 3 nitrogen and oxygen atoms in total. The van der Waals surface area contributed by atoms with E-state index in [1.165, 1.54) is 12.8 Å². The fourth-order valence-electron chi connectivity index (χ4n) is 3.14. The molecule has 98 valence electrons. The minimum atomic E-state index is -0.0268. The summed E-state index contributed by atoms with van der Waals surface area (Å²) < 4.78 is 11.6. The molecule has 1 aliphatic heterocycles. The van der Waals surface area contributed by atoms with Crippen LogP contribution in [0, 0.1) is 5.92 Å². The van der Waals surface area contributed by atoms with Crippen molar-refractivity contribution in [1.29, 1.82) is 0 Å². The third kappa shape index (κ3) is 1.77. The first-order chi connectivity index (χ1) is 8.68. The zero-order chi connectivity index (χ0) is 12.8. The molecule has 1 aromatic rings. The van der Waals surface area contributed by atoms with Gasteiger partial charge in [0.15, 0.2) is 0 Å². The van der Waals surface area contributed by atoms with Gasteiger partial charge in [-0.3, -0.25) is 0 Å². The molecule has 0 spiro atoms. The van der Waals surface area contributed by atoms with Gasteiger partial charge in [-0.15, -0.1) is 0 Å². The van der Waals surface area contributed by atoms with E-state index >= 15 is 0 Å². The standard InChI is InChI=1S/C15H21NO2/c1-3-15(10-4-5-10)9-13(16)12-8-11(17-2)6-7-14(12)18-15/h6-8,10,13H,3-5,9,16H2,1-2H3/t13-,15?/m1/s1. The Bertz CT molecular complexity index is 456. The van der Waals surface area contributed by atoms with Crippen LogP contribution in [-0.4, -0.2) is 12.7 Å². The van der Waals surface area contributed by atoms with Gasteiger partial charge in [-0.25, -0.2) is 0 Å². The topological polar surface area (TPSA) is 44.5 Å². The quantitative estimate of drug-likeness (QED) is 0.893. The lowest BCUT2D eigenvalue weighted by molar-refractivity contribution is 0.0106. The first-order valence-corrected chi connectivity index (χ1v) is 6.81. The molecule has 1 fully saturated rings. The lowest BCUT2D eigenvalue weighted by Gasteiger charge is -2.41. The number of hydrogen-bond acceptors (Lipinski definition) is 3. The molecule has 2 atom stereocenters. The number of benzene rings is 1. The van der Waals surface area contributed by atoms with Gasteiger partial charge in [-0.05, 0) is 43.4 Å². The Hall–Kier alpha value is -1.22. The Morgan fingerprint density at radius 3 is 2.83 bits per heavy atom. The second kappa shape index (κ2) is 4.16. The van der Waals surface area contributed by atoms with Gasteiger partial charge in [0.25, 0.3) is 0 Å². The SMILES string of the molecule is CCC1(C2CC2)C[C@@H](N)c2cc(OC)ccc2O1. The number of fused-ring (bicyclic) bond motifs is 1. The maximum absolute atomic E-state index is 6.35. The van der Waals surface area contributed by atoms with Gasteiger partial charge >= 0.3 is 0 Å². The monoisotopic (exact) mass is 247 g/mol. The molecule has 2 N–H and O–H groups in total. The van der Waals surface area contributed by atoms with Crippen molar-refractivity contribution in [1.82, 2.24) is 0 Å². The molecule has 1 heterocycles. The Balaban J connectivity index is 1.96. The van der Waals surface area contributed by atoms with Gasteiger partial charge in [0.05, 0.1) is 7.11 Å². The molecule has 18 heavy (non-hydrogen) atoms. The molecule has 0 amide bonds. The molecule has 3 rings (SSSR count). The van der Waals surface area contributed by atoms with Crippen LogP contribution in [0.15, 0.2) is 18.2 Å². The predicted octanol–water partition coefficient (Wildman–Crippen LogP) is 3.04. The third-order valence-electron chi connectivity index (χ3n) is 4.41. The Morgan fingerprint density at radius 1 is 1.44 bits per heavy atom. The van der Waals surface area contributed by atoms with Crippen LogP contribution < -0.4 is 15.2 Å². The van der Waals surface area contributed by atoms with Crippen LogP contribution in [-0.2, 0) is 0 Å². The average Bonchev–Trinajstić information content (AvgIpc) is 3.23. The van der Waals surface area contributed by atoms with Gasteiger partial charge in [-0.2, -0.15) is 0 Å². The van der Waals surface area contributed by atoms with Crippen LogP contribution in [0.3, 0.4) is 0 Å². The van der Waals surface area contributed by atoms with Crippen molar-refractivity contribution in [3.05, 3.63) is 23.8 Å². The van der Waals surface area contributed by atoms with Crippen LogP contribution in [0.2, 0.25) is 0 Å². The summed E-state index contributed by atoms with van der Waals surface area (Å²) in [6.07, 6.45) is 4.53. The molecular formula is C15H21NO2. The van der Waals surface area contributed by atoms with E-state index < -0.39 is 0 Å². The summed E-state index contributed by atoms with van der Waals surface area (Å²) in [7, 11) is 1.68. The van der Waals surface area contributed by atoms with E-state index in [1.54, 1.807) is 7.11 Å². The Labute approximate surface area is 108 Å². The molecule has 0 radical (unpaired) electrons. The zero-order valence-corrected chi connectivity index (χ0v) is 11.1. The van der Waals surface area contributed by atoms with Gasteiger partial charge in [0.1, 0.15) is 17.1 Å². The number of ether oxygens (including phenoxy) is 2. The fourth-order valence-corrected chi connectivity index (χ4v) is 3.14. The van der Waals surface area contributed by atoms with E-state index in [0.717, 1.165) is 29.9 Å². The fraction of sp³-hybridized carbons (Fsp3) is 0.600. The van der Waals surface area contributed by atoms with Crippen LogP contribution in [0.4, 0.5) is 0 Å². The number of nitrogens with two attached hydrogens (primary N) is 1. The average molecular weight is 247 g/mol. The minimum absolute atomic E-state index is 0.0268. The van der Waals surface area contributed by atoms with E-state index in [-0.39, 0.29) is 11.6 Å². The van der Waals surface area contributed by atoms with Crippen molar-refractivity contribution in [2.45, 2.75) is 44.2 Å². The summed E-state index contributed by atoms with van der Waals surface area (Å²) in [4.78, 5) is 0. The van der Waals surface area contributed by atoms with Crippen molar-refractivity contribution < 1.29 is 9.47 Å². The molecule has 3 heteroatoms. The Morgan fingerprint density at radius 2 is 2.22 bits per heavy atom. The molecular weight excluding hydrogens is 226 g/mol. The van der Waals surface area contributed by atoms with Crippen molar-refractivity contribution in [2.75, 3.05) is 7.11 Å². The van der Waals surface area contributed by atoms with Crippen molar-refractivity contribution in [2.24, 2.45) is 11.7 Å². The summed E-state index contributed by atoms with van der Waals surface area (Å²) >= 11 is 0. The number of hydrogen-bond donors (Lipinski definition) is 1. The summed E-state index contributed by atoms with van der Waals surface area (Å²) in [6, 6.07) is 6.01. The minimum Gasteiger partial charge on any atom is -0.497 e. The third-order valence-corrected chi connectivity index (χ3v) is 4.41. The summed E-state index contributed by atoms with van der Waals surface area (Å²) in [6.45, 7) is 2.21. The zero-order valence-electron chi connectivity index (χ0n) is 11.1. The van der Waals surface area contributed by atoms with Gasteiger partial charge < -0.3 is 15.2 Å². The highest BCUT2D eigenvalue weighted by Gasteiger charge is 2.49. The van der Waals surface area contributed by atoms with Crippen LogP contribution in [0.1, 0.15) is 44.2 Å². The predicted molar refractivity (Wildman–Crippen MR) is 70.9 cm³/mol. The summed E-state index contributed by atoms with van der Waals surface area (Å²) in [5, 5.41) is 0. The first-order valence-electron chi connectivity index (χ1n) is 6.81. The molecule has 0 aromatic heterocycles. The second-order valence-corrected chi connectivity index (χ2v) is 5.51. The normalized spacial score (nSPS) is 30.5. The molecule has 1 aromatic carbocycles. The van der Waals surface area contributed by atoms with E-state index in [2.05, 4.69) is 6.92 Å². The molecule has 1 unspecified atom stereocenters. The first kappa shape index (κ1) is 11.8. The molecule has 1 saturated carbocycles. The van der Waals surface area contributed by atoms with Gasteiger partial charge in [0, 0.05) is 18.0 Å². The van der Waals surface area contributed by atoms with E-state index in [1.807, 2.05) is 18.2 Å². The summed E-state index contributed by atoms with van der Waals surface area (Å²) in [5.74, 6) is 2.50. The Kier molecular flexibility index (Phi) is 2.74. The van der Waals surface area contributed by atoms with E-state index in [9.17, 15) is 0 Å². The van der Waals surface area contributed by atoms with Crippen LogP contribution in [0.5, 0.6) is 11.5 Å². The number of rotatable bonds is 3. The highest BCUT2D eigenvalue weighted by molar-refractivity contribution is 5.44. The van der Waals surface area contributed by atoms with Gasteiger partial charge in [-0.1, -0.05) is 6.92 Å². The highest BCUT2D eigenvalue weighted by Crippen LogP contribution is 2.52. The lowest BCUT2D eigenvalue weighted by Crippen LogP contribution is -2.44. The van der Waals surface area contributed by atoms with Crippen molar-refractivity contribution >= 4 is 0 Å². The van der Waals surface area contributed by atoms with Crippen LogP contribution >= 0.6 is 0 Å². The molecule has 2 aliphatic rings. The molecule has 0 saturated heterocycles. The molecule has 1 aliphatic carbocycles.